The maximum atomic E-state index is 14.3. The van der Waals surface area contributed by atoms with Crippen LogP contribution in [-0.4, -0.2) is 16.9 Å². The molecule has 0 saturated heterocycles. The summed E-state index contributed by atoms with van der Waals surface area (Å²) in [7, 11) is 2.94. The van der Waals surface area contributed by atoms with E-state index in [-0.39, 0.29) is 16.5 Å². The van der Waals surface area contributed by atoms with Crippen LogP contribution in [0.1, 0.15) is 5.69 Å². The fourth-order valence-electron chi connectivity index (χ4n) is 2.72. The number of anilines is 2. The Bertz CT molecular complexity index is 965. The molecule has 8 heteroatoms. The van der Waals surface area contributed by atoms with E-state index in [2.05, 4.69) is 10.4 Å². The van der Waals surface area contributed by atoms with Gasteiger partial charge in [-0.15, -0.1) is 0 Å². The minimum atomic E-state index is -0.822. The van der Waals surface area contributed by atoms with Crippen molar-refractivity contribution in [1.29, 1.82) is 0 Å². The first-order chi connectivity index (χ1) is 12.3. The van der Waals surface area contributed by atoms with Crippen LogP contribution < -0.4 is 10.1 Å². The average Bonchev–Trinajstić information content (AvgIpc) is 2.84. The van der Waals surface area contributed by atoms with Gasteiger partial charge in [-0.1, -0.05) is 11.6 Å². The van der Waals surface area contributed by atoms with E-state index in [1.165, 1.54) is 30.0 Å². The SMILES string of the molecule is COc1cc(F)c(Nc2c(-c3ccc(F)cc3Cl)c(C)nn2C)c(F)c1. The zero-order valence-corrected chi connectivity index (χ0v) is 15.0. The number of nitrogens with one attached hydrogen (secondary N) is 1. The highest BCUT2D eigenvalue weighted by molar-refractivity contribution is 6.33. The Kier molecular flexibility index (Phi) is 4.82. The van der Waals surface area contributed by atoms with Gasteiger partial charge in [0.15, 0.2) is 11.6 Å². The second-order valence-corrected chi connectivity index (χ2v) is 6.06. The number of ether oxygens (including phenoxy) is 1. The van der Waals surface area contributed by atoms with Crippen LogP contribution in [0.15, 0.2) is 30.3 Å². The molecule has 2 aromatic carbocycles. The summed E-state index contributed by atoms with van der Waals surface area (Å²) in [6.07, 6.45) is 0. The van der Waals surface area contributed by atoms with Crippen molar-refractivity contribution >= 4 is 23.1 Å². The van der Waals surface area contributed by atoms with Gasteiger partial charge in [0.25, 0.3) is 0 Å². The van der Waals surface area contributed by atoms with E-state index in [1.54, 1.807) is 14.0 Å². The summed E-state index contributed by atoms with van der Waals surface area (Å²) in [6.45, 7) is 1.72. The summed E-state index contributed by atoms with van der Waals surface area (Å²) in [5, 5.41) is 7.17. The lowest BCUT2D eigenvalue weighted by atomic mass is 10.1. The number of hydrogen-bond acceptors (Lipinski definition) is 3. The fraction of sp³-hybridized carbons (Fsp3) is 0.167. The zero-order chi connectivity index (χ0) is 19.0. The van der Waals surface area contributed by atoms with Crippen molar-refractivity contribution in [2.24, 2.45) is 7.05 Å². The van der Waals surface area contributed by atoms with Gasteiger partial charge in [-0.05, 0) is 25.1 Å². The van der Waals surface area contributed by atoms with Crippen molar-refractivity contribution in [3.63, 3.8) is 0 Å². The summed E-state index contributed by atoms with van der Waals surface area (Å²) in [5.41, 5.74) is 1.23. The van der Waals surface area contributed by atoms with Gasteiger partial charge in [-0.2, -0.15) is 5.10 Å². The molecule has 4 nitrogen and oxygen atoms in total. The molecule has 1 aromatic heterocycles. The van der Waals surface area contributed by atoms with Gasteiger partial charge in [0.1, 0.15) is 23.1 Å². The van der Waals surface area contributed by atoms with Crippen LogP contribution in [0, 0.1) is 24.4 Å². The summed E-state index contributed by atoms with van der Waals surface area (Å²) >= 11 is 6.15. The van der Waals surface area contributed by atoms with Crippen LogP contribution in [0.3, 0.4) is 0 Å². The van der Waals surface area contributed by atoms with Gasteiger partial charge in [0.2, 0.25) is 0 Å². The van der Waals surface area contributed by atoms with Crippen molar-refractivity contribution < 1.29 is 17.9 Å². The van der Waals surface area contributed by atoms with E-state index in [0.29, 0.717) is 22.6 Å². The number of nitrogens with zero attached hydrogens (tertiary/aromatic N) is 2. The second kappa shape index (κ2) is 6.92. The first kappa shape index (κ1) is 18.1. The maximum absolute atomic E-state index is 14.3. The third kappa shape index (κ3) is 3.22. The Morgan fingerprint density at radius 3 is 2.35 bits per heavy atom. The molecule has 0 fully saturated rings. The summed E-state index contributed by atoms with van der Waals surface area (Å²) in [4.78, 5) is 0. The van der Waals surface area contributed by atoms with Gasteiger partial charge < -0.3 is 10.1 Å². The standard InChI is InChI=1S/C18H15ClF3N3O/c1-9-16(12-5-4-10(20)6-13(12)19)18(25(2)24-9)23-17-14(21)7-11(26-3)8-15(17)22/h4-8,23H,1-3H3. The van der Waals surface area contributed by atoms with Gasteiger partial charge in [-0.3, -0.25) is 4.68 Å². The maximum Gasteiger partial charge on any atom is 0.153 e. The number of methoxy groups -OCH3 is 1. The Balaban J connectivity index is 2.13. The van der Waals surface area contributed by atoms with Crippen LogP contribution in [0.5, 0.6) is 5.75 Å². The fourth-order valence-corrected chi connectivity index (χ4v) is 2.98. The molecule has 3 rings (SSSR count). The average molecular weight is 382 g/mol. The quantitative estimate of drug-likeness (QED) is 0.673. The predicted molar refractivity (Wildman–Crippen MR) is 94.5 cm³/mol. The molecule has 0 atom stereocenters. The molecule has 0 amide bonds. The Hall–Kier alpha value is -2.67. The van der Waals surface area contributed by atoms with E-state index in [0.717, 1.165) is 12.1 Å². The molecule has 0 aliphatic rings. The molecule has 0 bridgehead atoms. The Morgan fingerprint density at radius 1 is 1.12 bits per heavy atom. The van der Waals surface area contributed by atoms with Crippen molar-refractivity contribution in [3.05, 3.63) is 58.5 Å². The smallest absolute Gasteiger partial charge is 0.153 e. The van der Waals surface area contributed by atoms with Crippen molar-refractivity contribution in [2.45, 2.75) is 6.92 Å². The highest BCUT2D eigenvalue weighted by Crippen LogP contribution is 2.38. The Labute approximate surface area is 153 Å². The van der Waals surface area contributed by atoms with Gasteiger partial charge in [0.05, 0.1) is 17.8 Å². The van der Waals surface area contributed by atoms with E-state index in [1.807, 2.05) is 0 Å². The Morgan fingerprint density at radius 2 is 1.77 bits per heavy atom. The molecular weight excluding hydrogens is 367 g/mol. The zero-order valence-electron chi connectivity index (χ0n) is 14.2. The molecule has 1 N–H and O–H groups in total. The molecular formula is C18H15ClF3N3O. The van der Waals surface area contributed by atoms with Crippen molar-refractivity contribution in [3.8, 4) is 16.9 Å². The molecule has 0 saturated carbocycles. The first-order valence-corrected chi connectivity index (χ1v) is 7.98. The van der Waals surface area contributed by atoms with E-state index < -0.39 is 17.5 Å². The van der Waals surface area contributed by atoms with Crippen LogP contribution in [0.2, 0.25) is 5.02 Å². The minimum absolute atomic E-state index is 0.0635. The van der Waals surface area contributed by atoms with E-state index in [9.17, 15) is 13.2 Å². The number of rotatable bonds is 4. The summed E-state index contributed by atoms with van der Waals surface area (Å²) < 4.78 is 48.3. The van der Waals surface area contributed by atoms with Crippen LogP contribution in [0.25, 0.3) is 11.1 Å². The van der Waals surface area contributed by atoms with Gasteiger partial charge in [0, 0.05) is 30.3 Å². The predicted octanol–water partition coefficient (Wildman–Crippen LogP) is 5.22. The molecule has 136 valence electrons. The third-order valence-electron chi connectivity index (χ3n) is 3.92. The lowest BCUT2D eigenvalue weighted by molar-refractivity contribution is 0.407. The molecule has 3 aromatic rings. The molecule has 1 heterocycles. The second-order valence-electron chi connectivity index (χ2n) is 5.65. The van der Waals surface area contributed by atoms with Gasteiger partial charge >= 0.3 is 0 Å². The highest BCUT2D eigenvalue weighted by Gasteiger charge is 2.21. The number of aryl methyl sites for hydroxylation is 2. The summed E-state index contributed by atoms with van der Waals surface area (Å²) in [5.74, 6) is -1.75. The third-order valence-corrected chi connectivity index (χ3v) is 4.23. The van der Waals surface area contributed by atoms with Gasteiger partial charge in [-0.25, -0.2) is 13.2 Å². The molecule has 26 heavy (non-hydrogen) atoms. The number of hydrogen-bond donors (Lipinski definition) is 1. The monoisotopic (exact) mass is 381 g/mol. The normalized spacial score (nSPS) is 10.9. The number of benzene rings is 2. The van der Waals surface area contributed by atoms with Crippen molar-refractivity contribution in [2.75, 3.05) is 12.4 Å². The topological polar surface area (TPSA) is 39.1 Å². The van der Waals surface area contributed by atoms with E-state index >= 15 is 0 Å². The molecule has 0 aliphatic carbocycles. The number of aromatic nitrogens is 2. The van der Waals surface area contributed by atoms with Crippen LogP contribution in [0.4, 0.5) is 24.7 Å². The largest absolute Gasteiger partial charge is 0.497 e. The lowest BCUT2D eigenvalue weighted by Gasteiger charge is -2.13. The first-order valence-electron chi connectivity index (χ1n) is 7.61. The molecule has 0 aliphatic heterocycles. The lowest BCUT2D eigenvalue weighted by Crippen LogP contribution is -2.04. The molecule has 0 radical (unpaired) electrons. The molecule has 0 spiro atoms. The summed E-state index contributed by atoms with van der Waals surface area (Å²) in [6, 6.07) is 6.06. The highest BCUT2D eigenvalue weighted by atomic mass is 35.5. The van der Waals surface area contributed by atoms with Crippen LogP contribution in [-0.2, 0) is 7.05 Å². The van der Waals surface area contributed by atoms with E-state index in [4.69, 9.17) is 16.3 Å². The molecule has 0 unspecified atom stereocenters. The number of halogens is 4. The minimum Gasteiger partial charge on any atom is -0.497 e. The van der Waals surface area contributed by atoms with Crippen LogP contribution >= 0.6 is 11.6 Å². The van der Waals surface area contributed by atoms with Crippen molar-refractivity contribution in [1.82, 2.24) is 9.78 Å².